The second kappa shape index (κ2) is 8.71. The van der Waals surface area contributed by atoms with E-state index in [2.05, 4.69) is 67.5 Å². The van der Waals surface area contributed by atoms with Crippen molar-refractivity contribution in [2.75, 3.05) is 13.1 Å². The Hall–Kier alpha value is -1.78. The van der Waals surface area contributed by atoms with Crippen molar-refractivity contribution < 1.29 is 0 Å². The number of rotatable bonds is 8. The molecule has 0 N–H and O–H groups in total. The van der Waals surface area contributed by atoms with E-state index in [0.717, 1.165) is 43.2 Å². The Balaban J connectivity index is 2.14. The van der Waals surface area contributed by atoms with Gasteiger partial charge in [0.2, 0.25) is 5.78 Å². The zero-order valence-corrected chi connectivity index (χ0v) is 18.9. The Morgan fingerprint density at radius 2 is 1.75 bits per heavy atom. The summed E-state index contributed by atoms with van der Waals surface area (Å²) >= 11 is 6.74. The van der Waals surface area contributed by atoms with E-state index < -0.39 is 0 Å². The van der Waals surface area contributed by atoms with Gasteiger partial charge in [0, 0.05) is 12.7 Å². The van der Waals surface area contributed by atoms with Crippen LogP contribution in [-0.4, -0.2) is 31.9 Å². The monoisotopic (exact) mass is 400 g/mol. The van der Waals surface area contributed by atoms with Gasteiger partial charge in [-0.05, 0) is 57.8 Å². The molecule has 5 heteroatoms. The molecule has 28 heavy (non-hydrogen) atoms. The molecule has 0 aliphatic carbocycles. The van der Waals surface area contributed by atoms with E-state index in [0.29, 0.717) is 5.15 Å². The first kappa shape index (κ1) is 20.9. The molecular formula is C23H33ClN4. The van der Waals surface area contributed by atoms with Gasteiger partial charge < -0.3 is 0 Å². The number of benzene rings is 1. The van der Waals surface area contributed by atoms with Gasteiger partial charge in [0.05, 0.1) is 17.1 Å². The van der Waals surface area contributed by atoms with Crippen molar-refractivity contribution in [3.8, 4) is 5.69 Å². The molecular weight excluding hydrogens is 368 g/mol. The fraction of sp³-hybridized carbons (Fsp3) is 0.522. The molecule has 0 aliphatic heterocycles. The maximum atomic E-state index is 6.74. The normalized spacial score (nSPS) is 11.9. The van der Waals surface area contributed by atoms with Crippen LogP contribution in [0.25, 0.3) is 11.5 Å². The van der Waals surface area contributed by atoms with Gasteiger partial charge in [0.25, 0.3) is 0 Å². The summed E-state index contributed by atoms with van der Waals surface area (Å²) in [5.41, 5.74) is 7.28. The maximum absolute atomic E-state index is 6.74. The van der Waals surface area contributed by atoms with Crippen molar-refractivity contribution in [2.24, 2.45) is 0 Å². The molecule has 4 nitrogen and oxygen atoms in total. The van der Waals surface area contributed by atoms with E-state index in [1.54, 1.807) is 0 Å². The molecule has 0 spiro atoms. The van der Waals surface area contributed by atoms with Crippen molar-refractivity contribution in [3.63, 3.8) is 0 Å². The zero-order chi connectivity index (χ0) is 20.4. The average molecular weight is 401 g/mol. The molecule has 0 aliphatic rings. The highest BCUT2D eigenvalue weighted by atomic mass is 35.5. The Labute approximate surface area is 174 Å². The minimum Gasteiger partial charge on any atom is -0.298 e. The molecule has 0 saturated heterocycles. The van der Waals surface area contributed by atoms with Crippen LogP contribution in [0.5, 0.6) is 0 Å². The van der Waals surface area contributed by atoms with Crippen LogP contribution >= 0.6 is 11.6 Å². The maximum Gasteiger partial charge on any atom is 0.220 e. The zero-order valence-electron chi connectivity index (χ0n) is 18.1. The summed E-state index contributed by atoms with van der Waals surface area (Å²) in [5.74, 6) is 0.915. The molecule has 152 valence electrons. The fourth-order valence-electron chi connectivity index (χ4n) is 4.18. The predicted molar refractivity (Wildman–Crippen MR) is 119 cm³/mol. The van der Waals surface area contributed by atoms with E-state index >= 15 is 0 Å². The molecule has 0 atom stereocenters. The number of imidazole rings is 2. The van der Waals surface area contributed by atoms with Crippen LogP contribution in [0.15, 0.2) is 18.3 Å². The summed E-state index contributed by atoms with van der Waals surface area (Å²) in [7, 11) is 0. The lowest BCUT2D eigenvalue weighted by molar-refractivity contribution is 0.270. The number of aromatic nitrogens is 3. The van der Waals surface area contributed by atoms with Gasteiger partial charge in [-0.2, -0.15) is 0 Å². The third kappa shape index (κ3) is 3.85. The molecule has 0 fully saturated rings. The summed E-state index contributed by atoms with van der Waals surface area (Å²) in [6.07, 6.45) is 5.39. The van der Waals surface area contributed by atoms with Gasteiger partial charge in [0.15, 0.2) is 0 Å². The van der Waals surface area contributed by atoms with Crippen LogP contribution in [0, 0.1) is 20.8 Å². The van der Waals surface area contributed by atoms with E-state index in [4.69, 9.17) is 16.6 Å². The highest BCUT2D eigenvalue weighted by molar-refractivity contribution is 6.30. The van der Waals surface area contributed by atoms with Gasteiger partial charge in [-0.25, -0.2) is 4.98 Å². The van der Waals surface area contributed by atoms with Gasteiger partial charge >= 0.3 is 0 Å². The van der Waals surface area contributed by atoms with Crippen molar-refractivity contribution in [1.82, 2.24) is 18.9 Å². The minimum atomic E-state index is 0.707. The minimum absolute atomic E-state index is 0.707. The Morgan fingerprint density at radius 3 is 2.32 bits per heavy atom. The van der Waals surface area contributed by atoms with Crippen molar-refractivity contribution in [3.05, 3.63) is 51.6 Å². The lowest BCUT2D eigenvalue weighted by atomic mass is 10.1. The molecule has 3 aromatic rings. The lowest BCUT2D eigenvalue weighted by Crippen LogP contribution is -2.25. The van der Waals surface area contributed by atoms with Crippen LogP contribution in [0.3, 0.4) is 0 Å². The summed E-state index contributed by atoms with van der Waals surface area (Å²) in [4.78, 5) is 7.52. The van der Waals surface area contributed by atoms with Gasteiger partial charge in [0.1, 0.15) is 5.15 Å². The lowest BCUT2D eigenvalue weighted by Gasteiger charge is -2.20. The van der Waals surface area contributed by atoms with E-state index in [1.807, 2.05) is 6.20 Å². The Kier molecular flexibility index (Phi) is 6.51. The van der Waals surface area contributed by atoms with E-state index in [9.17, 15) is 0 Å². The van der Waals surface area contributed by atoms with Gasteiger partial charge in [-0.15, -0.1) is 0 Å². The topological polar surface area (TPSA) is 25.5 Å². The predicted octanol–water partition coefficient (Wildman–Crippen LogP) is 5.89. The molecule has 0 bridgehead atoms. The van der Waals surface area contributed by atoms with Gasteiger partial charge in [-0.1, -0.05) is 56.5 Å². The molecule has 0 unspecified atom stereocenters. The molecule has 3 rings (SSSR count). The summed E-state index contributed by atoms with van der Waals surface area (Å²) in [6.45, 7) is 16.2. The summed E-state index contributed by atoms with van der Waals surface area (Å²) in [5, 5.41) is 0.707. The number of nitrogens with zero attached hydrogens (tertiary/aromatic N) is 4. The number of unbranched alkanes of at least 4 members (excludes halogenated alkanes) is 1. The molecule has 0 saturated carbocycles. The van der Waals surface area contributed by atoms with E-state index in [1.165, 1.54) is 35.2 Å². The third-order valence-electron chi connectivity index (χ3n) is 5.57. The molecule has 2 aromatic heterocycles. The number of halogens is 1. The van der Waals surface area contributed by atoms with Crippen LogP contribution in [-0.2, 0) is 13.0 Å². The van der Waals surface area contributed by atoms with Gasteiger partial charge in [-0.3, -0.25) is 13.9 Å². The fourth-order valence-corrected chi connectivity index (χ4v) is 4.43. The standard InChI is InChI=1S/C23H33ClN4/c1-7-10-11-26(9-3)14-20-19(8-2)25-23-27(20)15-21(24)28(23)22-17(5)12-16(4)13-18(22)6/h12-13,15H,7-11,14H2,1-6H3. The van der Waals surface area contributed by atoms with Crippen LogP contribution in [0.2, 0.25) is 5.15 Å². The highest BCUT2D eigenvalue weighted by Gasteiger charge is 2.21. The molecule has 0 amide bonds. The van der Waals surface area contributed by atoms with Crippen LogP contribution < -0.4 is 0 Å². The SMILES string of the molecule is CCCCN(CC)Cc1c(CC)nc2n(-c3c(C)cc(C)cc3C)c(Cl)cn12. The van der Waals surface area contributed by atoms with Crippen molar-refractivity contribution >= 4 is 17.4 Å². The number of hydrogen-bond donors (Lipinski definition) is 0. The van der Waals surface area contributed by atoms with Crippen LogP contribution in [0.4, 0.5) is 0 Å². The second-order valence-corrected chi connectivity index (χ2v) is 8.17. The smallest absolute Gasteiger partial charge is 0.220 e. The molecule has 2 heterocycles. The number of aryl methyl sites for hydroxylation is 4. The molecule has 1 aromatic carbocycles. The van der Waals surface area contributed by atoms with E-state index in [-0.39, 0.29) is 0 Å². The van der Waals surface area contributed by atoms with Crippen molar-refractivity contribution in [1.29, 1.82) is 0 Å². The first-order valence-corrected chi connectivity index (χ1v) is 10.9. The summed E-state index contributed by atoms with van der Waals surface area (Å²) < 4.78 is 4.31. The number of fused-ring (bicyclic) bond motifs is 1. The Bertz CT molecular complexity index is 944. The van der Waals surface area contributed by atoms with Crippen LogP contribution in [0.1, 0.15) is 61.7 Å². The second-order valence-electron chi connectivity index (χ2n) is 7.79. The average Bonchev–Trinajstić information content (AvgIpc) is 3.13. The Morgan fingerprint density at radius 1 is 1.07 bits per heavy atom. The third-order valence-corrected chi connectivity index (χ3v) is 5.83. The largest absolute Gasteiger partial charge is 0.298 e. The highest BCUT2D eigenvalue weighted by Crippen LogP contribution is 2.30. The first-order chi connectivity index (χ1) is 13.4. The summed E-state index contributed by atoms with van der Waals surface area (Å²) in [6, 6.07) is 4.42. The number of hydrogen-bond acceptors (Lipinski definition) is 2. The van der Waals surface area contributed by atoms with Crippen molar-refractivity contribution in [2.45, 2.75) is 67.3 Å². The molecule has 0 radical (unpaired) electrons. The quantitative estimate of drug-likeness (QED) is 0.471. The first-order valence-electron chi connectivity index (χ1n) is 10.5.